The quantitative estimate of drug-likeness (QED) is 0.122. The summed E-state index contributed by atoms with van der Waals surface area (Å²) in [6.07, 6.45) is -1.31. The minimum absolute atomic E-state index is 0.00304. The van der Waals surface area contributed by atoms with Crippen molar-refractivity contribution in [2.75, 3.05) is 20.2 Å². The molecular weight excluding hydrogens is 722 g/mol. The Balaban J connectivity index is 1.84. The van der Waals surface area contributed by atoms with Crippen molar-refractivity contribution in [3.05, 3.63) is 64.7 Å². The smallest absolute Gasteiger partial charge is 0.306 e. The number of benzene rings is 2. The number of nitrogens with one attached hydrogen (secondary N) is 3. The fraction of sp³-hybridized carbons (Fsp3) is 0.538. The van der Waals surface area contributed by atoms with Gasteiger partial charge in [-0.05, 0) is 80.3 Å². The Labute approximate surface area is 319 Å². The number of ether oxygens (including phenoxy) is 1. The van der Waals surface area contributed by atoms with E-state index in [9.17, 15) is 52.9 Å². The van der Waals surface area contributed by atoms with Crippen molar-refractivity contribution in [2.45, 2.75) is 96.9 Å². The number of carboxylic acid groups (broad SMARTS) is 2. The van der Waals surface area contributed by atoms with Crippen molar-refractivity contribution in [3.63, 3.8) is 0 Å². The van der Waals surface area contributed by atoms with Crippen LogP contribution >= 0.6 is 0 Å². The minimum atomic E-state index is -1.66. The highest BCUT2D eigenvalue weighted by Crippen LogP contribution is 2.30. The highest BCUT2D eigenvalue weighted by Gasteiger charge is 2.38. The largest absolute Gasteiger partial charge is 0.497 e. The van der Waals surface area contributed by atoms with Gasteiger partial charge in [0, 0.05) is 36.3 Å². The molecular formula is C39H52F2N4O10. The average Bonchev–Trinajstić information content (AvgIpc) is 3.12. The number of carbonyl (C=O) groups is 6. The number of aliphatic carboxylic acids is 2. The van der Waals surface area contributed by atoms with Gasteiger partial charge >= 0.3 is 11.9 Å². The van der Waals surface area contributed by atoms with Gasteiger partial charge in [-0.15, -0.1) is 0 Å². The molecule has 55 heavy (non-hydrogen) atoms. The summed E-state index contributed by atoms with van der Waals surface area (Å²) in [5.74, 6) is -9.03. The second-order valence-corrected chi connectivity index (χ2v) is 14.3. The third-order valence-corrected chi connectivity index (χ3v) is 9.50. The first-order valence-corrected chi connectivity index (χ1v) is 18.4. The predicted octanol–water partition coefficient (Wildman–Crippen LogP) is 3.54. The van der Waals surface area contributed by atoms with Crippen molar-refractivity contribution in [1.82, 2.24) is 20.9 Å². The molecule has 0 radical (unpaired) electrons. The Morgan fingerprint density at radius 2 is 1.40 bits per heavy atom. The van der Waals surface area contributed by atoms with Crippen LogP contribution in [-0.4, -0.2) is 100 Å². The average molecular weight is 775 g/mol. The molecule has 302 valence electrons. The third-order valence-electron chi connectivity index (χ3n) is 9.50. The number of carboxylic acids is 2. The first-order chi connectivity index (χ1) is 25.9. The number of hydrogen-bond acceptors (Lipinski definition) is 8. The van der Waals surface area contributed by atoms with E-state index in [1.54, 1.807) is 18.7 Å². The topological polar surface area (TPSA) is 212 Å². The number of rotatable bonds is 19. The summed E-state index contributed by atoms with van der Waals surface area (Å²) in [5.41, 5.74) is 0.223. The lowest BCUT2D eigenvalue weighted by Gasteiger charge is -2.33. The molecule has 0 saturated heterocycles. The Morgan fingerprint density at radius 1 is 0.836 bits per heavy atom. The lowest BCUT2D eigenvalue weighted by atomic mass is 9.78. The van der Waals surface area contributed by atoms with Crippen LogP contribution in [0, 0.1) is 29.4 Å². The Kier molecular flexibility index (Phi) is 16.5. The predicted molar refractivity (Wildman–Crippen MR) is 196 cm³/mol. The second-order valence-electron chi connectivity index (χ2n) is 14.3. The normalized spacial score (nSPS) is 18.4. The maximum Gasteiger partial charge on any atom is 0.306 e. The van der Waals surface area contributed by atoms with Gasteiger partial charge in [-0.2, -0.15) is 0 Å². The first kappa shape index (κ1) is 44.3. The molecule has 4 amide bonds. The molecule has 2 aromatic carbocycles. The number of carbonyl (C=O) groups excluding carboxylic acids is 4. The molecule has 1 saturated carbocycles. The van der Waals surface area contributed by atoms with Crippen molar-refractivity contribution >= 4 is 35.6 Å². The maximum absolute atomic E-state index is 14.2. The highest BCUT2D eigenvalue weighted by atomic mass is 19.1. The fourth-order valence-electron chi connectivity index (χ4n) is 6.76. The molecule has 1 aliphatic carbocycles. The monoisotopic (exact) mass is 774 g/mol. The van der Waals surface area contributed by atoms with Crippen LogP contribution < -0.4 is 20.7 Å². The number of halogens is 2. The lowest BCUT2D eigenvalue weighted by Crippen LogP contribution is -2.55. The van der Waals surface area contributed by atoms with Crippen molar-refractivity contribution in [3.8, 4) is 5.75 Å². The van der Waals surface area contributed by atoms with E-state index in [0.717, 1.165) is 12.1 Å². The Hall–Kier alpha value is -5.12. The number of aliphatic hydroxyl groups is 1. The van der Waals surface area contributed by atoms with Crippen LogP contribution in [0.15, 0.2) is 36.4 Å². The molecule has 2 aromatic rings. The molecule has 2 unspecified atom stereocenters. The molecule has 1 fully saturated rings. The summed E-state index contributed by atoms with van der Waals surface area (Å²) in [6.45, 7) is 8.12. The standard InChI is InChI=1S/C39H52F2N4O10/c1-6-8-45(9-7-2)37(50)24-13-23(17-30(18-24)55-5)35(48)43-31(12-22-10-27(40)19-28(41)11-22)32(46)20-33(47)44-34(21(3)4)36(49)42-29-15-25(38(51)52)14-26(16-29)39(53)54/h10-11,13,17-19,21,25-26,29,31-32,34,46H,6-9,12,14-16,20H2,1-5H3,(H,42,49)(H,43,48)(H,44,47)(H,51,52)(H,53,54)/t25?,26?,29?,31-,32+,34-/m0/s1. The summed E-state index contributed by atoms with van der Waals surface area (Å²) < 4.78 is 33.7. The van der Waals surface area contributed by atoms with Gasteiger partial charge in [-0.1, -0.05) is 27.7 Å². The SMILES string of the molecule is CCCN(CCC)C(=O)c1cc(OC)cc(C(=O)N[C@@H](Cc2cc(F)cc(F)c2)[C@H](O)CC(=O)N[C@H](C(=O)NC2CC(C(=O)O)CC(C(=O)O)C2)C(C)C)c1. The van der Waals surface area contributed by atoms with Gasteiger partial charge in [-0.25, -0.2) is 8.78 Å². The molecule has 6 N–H and O–H groups in total. The molecule has 1 aliphatic rings. The van der Waals surface area contributed by atoms with Crippen LogP contribution in [0.25, 0.3) is 0 Å². The van der Waals surface area contributed by atoms with Gasteiger partial charge in [0.1, 0.15) is 23.4 Å². The van der Waals surface area contributed by atoms with Gasteiger partial charge in [0.25, 0.3) is 11.8 Å². The van der Waals surface area contributed by atoms with E-state index in [2.05, 4.69) is 16.0 Å². The van der Waals surface area contributed by atoms with Gasteiger partial charge < -0.3 is 40.9 Å². The van der Waals surface area contributed by atoms with E-state index in [1.807, 2.05) is 13.8 Å². The van der Waals surface area contributed by atoms with Crippen LogP contribution in [-0.2, 0) is 25.6 Å². The summed E-state index contributed by atoms with van der Waals surface area (Å²) in [7, 11) is 1.37. The van der Waals surface area contributed by atoms with Gasteiger partial charge in [0.2, 0.25) is 11.8 Å². The molecule has 16 heteroatoms. The zero-order chi connectivity index (χ0) is 41.0. The molecule has 0 bridgehead atoms. The molecule has 0 heterocycles. The van der Waals surface area contributed by atoms with Crippen molar-refractivity contribution in [2.24, 2.45) is 17.8 Å². The van der Waals surface area contributed by atoms with Gasteiger partial charge in [-0.3, -0.25) is 28.8 Å². The van der Waals surface area contributed by atoms with E-state index in [0.29, 0.717) is 32.0 Å². The van der Waals surface area contributed by atoms with Crippen LogP contribution in [0.4, 0.5) is 8.78 Å². The molecule has 0 spiro atoms. The van der Waals surface area contributed by atoms with Crippen LogP contribution in [0.5, 0.6) is 5.75 Å². The van der Waals surface area contributed by atoms with E-state index in [-0.39, 0.29) is 54.0 Å². The molecule has 0 aliphatic heterocycles. The number of aliphatic hydroxyl groups excluding tert-OH is 1. The highest BCUT2D eigenvalue weighted by molar-refractivity contribution is 6.00. The maximum atomic E-state index is 14.2. The summed E-state index contributed by atoms with van der Waals surface area (Å²) in [6, 6.07) is 3.66. The van der Waals surface area contributed by atoms with Crippen molar-refractivity contribution < 1.29 is 57.6 Å². The number of hydrogen-bond donors (Lipinski definition) is 6. The third kappa shape index (κ3) is 13.0. The fourth-order valence-corrected chi connectivity index (χ4v) is 6.76. The molecule has 3 rings (SSSR count). The van der Waals surface area contributed by atoms with Gasteiger partial charge in [0.15, 0.2) is 0 Å². The Morgan fingerprint density at radius 3 is 1.91 bits per heavy atom. The molecule has 14 nitrogen and oxygen atoms in total. The van der Waals surface area contributed by atoms with Crippen LogP contribution in [0.1, 0.15) is 92.5 Å². The summed E-state index contributed by atoms with van der Waals surface area (Å²) in [4.78, 5) is 78.8. The zero-order valence-corrected chi connectivity index (χ0v) is 31.8. The zero-order valence-electron chi connectivity index (χ0n) is 31.8. The molecule has 5 atom stereocenters. The Bertz CT molecular complexity index is 1660. The van der Waals surface area contributed by atoms with E-state index in [4.69, 9.17) is 4.74 Å². The minimum Gasteiger partial charge on any atom is -0.497 e. The summed E-state index contributed by atoms with van der Waals surface area (Å²) in [5, 5.41) is 38.3. The van der Waals surface area contributed by atoms with Crippen LogP contribution in [0.3, 0.4) is 0 Å². The van der Waals surface area contributed by atoms with Crippen molar-refractivity contribution in [1.29, 1.82) is 0 Å². The first-order valence-electron chi connectivity index (χ1n) is 18.4. The molecule has 0 aromatic heterocycles. The number of methoxy groups -OCH3 is 1. The van der Waals surface area contributed by atoms with E-state index < -0.39 is 89.7 Å². The van der Waals surface area contributed by atoms with E-state index >= 15 is 0 Å². The van der Waals surface area contributed by atoms with Crippen LogP contribution in [0.2, 0.25) is 0 Å². The lowest BCUT2D eigenvalue weighted by molar-refractivity contribution is -0.149. The number of nitrogens with zero attached hydrogens (tertiary/aromatic N) is 1. The van der Waals surface area contributed by atoms with Gasteiger partial charge in [0.05, 0.1) is 37.5 Å². The number of amides is 4. The van der Waals surface area contributed by atoms with E-state index in [1.165, 1.54) is 25.3 Å². The summed E-state index contributed by atoms with van der Waals surface area (Å²) >= 11 is 0. The second kappa shape index (κ2) is 20.5.